The van der Waals surface area contributed by atoms with Crippen molar-refractivity contribution in [1.82, 2.24) is 10.6 Å². The quantitative estimate of drug-likeness (QED) is 0.585. The second kappa shape index (κ2) is 10.7. The van der Waals surface area contributed by atoms with E-state index in [0.29, 0.717) is 19.3 Å². The van der Waals surface area contributed by atoms with Gasteiger partial charge in [0, 0.05) is 12.6 Å². The van der Waals surface area contributed by atoms with Crippen molar-refractivity contribution in [1.29, 1.82) is 5.26 Å². The summed E-state index contributed by atoms with van der Waals surface area (Å²) in [5.74, 6) is -0.503. The lowest BCUT2D eigenvalue weighted by Crippen LogP contribution is -2.51. The maximum Gasteiger partial charge on any atom is 0.251 e. The van der Waals surface area contributed by atoms with Crippen LogP contribution >= 0.6 is 0 Å². The summed E-state index contributed by atoms with van der Waals surface area (Å²) in [4.78, 5) is 12.0. The van der Waals surface area contributed by atoms with Crippen LogP contribution in [0, 0.1) is 11.3 Å². The molecule has 136 valence electrons. The van der Waals surface area contributed by atoms with Crippen LogP contribution in [0.4, 0.5) is 0 Å². The van der Waals surface area contributed by atoms with Crippen molar-refractivity contribution >= 4 is 5.91 Å². The molecular weight excluding hydrogens is 306 g/mol. The summed E-state index contributed by atoms with van der Waals surface area (Å²) in [6.07, 6.45) is 10.4. The average molecular weight is 337 g/mol. The maximum absolute atomic E-state index is 12.0. The second-order valence-electron chi connectivity index (χ2n) is 6.98. The molecule has 0 spiro atoms. The number of carbonyl (C=O) groups excluding carboxylic acids is 1. The molecule has 0 saturated heterocycles. The molecular formula is C18H31N3O3. The Bertz CT molecular complexity index is 412. The van der Waals surface area contributed by atoms with E-state index in [2.05, 4.69) is 10.6 Å². The third-order valence-corrected chi connectivity index (χ3v) is 5.05. The highest BCUT2D eigenvalue weighted by Gasteiger charge is 2.28. The lowest BCUT2D eigenvalue weighted by molar-refractivity contribution is -0.130. The first kappa shape index (κ1) is 19.2. The summed E-state index contributed by atoms with van der Waals surface area (Å²) < 4.78 is 5.74. The third kappa shape index (κ3) is 6.39. The molecule has 2 rings (SSSR count). The Kier molecular flexibility index (Phi) is 8.51. The number of nitriles is 1. The molecule has 0 aromatic heterocycles. The first-order valence-corrected chi connectivity index (χ1v) is 9.43. The molecule has 0 aromatic carbocycles. The van der Waals surface area contributed by atoms with Gasteiger partial charge in [-0.05, 0) is 25.7 Å². The smallest absolute Gasteiger partial charge is 0.251 e. The molecule has 2 aliphatic carbocycles. The Morgan fingerprint density at radius 2 is 1.75 bits per heavy atom. The Labute approximate surface area is 144 Å². The fourth-order valence-electron chi connectivity index (χ4n) is 3.61. The maximum atomic E-state index is 12.0. The van der Waals surface area contributed by atoms with Crippen LogP contribution in [0.3, 0.4) is 0 Å². The minimum atomic E-state index is -1.34. The first-order chi connectivity index (χ1) is 11.7. The van der Waals surface area contributed by atoms with Crippen LogP contribution in [0.2, 0.25) is 0 Å². The van der Waals surface area contributed by atoms with E-state index in [1.807, 2.05) is 6.07 Å². The first-order valence-electron chi connectivity index (χ1n) is 9.43. The summed E-state index contributed by atoms with van der Waals surface area (Å²) >= 11 is 0. The van der Waals surface area contributed by atoms with Crippen LogP contribution < -0.4 is 10.6 Å². The summed E-state index contributed by atoms with van der Waals surface area (Å²) in [5.41, 5.74) is 0. The van der Waals surface area contributed by atoms with Crippen molar-refractivity contribution in [2.75, 3.05) is 13.2 Å². The Balaban J connectivity index is 1.64. The topological polar surface area (TPSA) is 94.4 Å². The van der Waals surface area contributed by atoms with Gasteiger partial charge in [-0.3, -0.25) is 10.1 Å². The SMILES string of the molecule is N#CC(NC1CCCCC1)C(O)C(=O)NCCOC1CCCCC1. The zero-order valence-corrected chi connectivity index (χ0v) is 14.5. The highest BCUT2D eigenvalue weighted by Crippen LogP contribution is 2.20. The fourth-order valence-corrected chi connectivity index (χ4v) is 3.61. The van der Waals surface area contributed by atoms with Crippen molar-refractivity contribution in [3.05, 3.63) is 0 Å². The van der Waals surface area contributed by atoms with Crippen LogP contribution in [-0.2, 0) is 9.53 Å². The number of aliphatic hydroxyl groups excluding tert-OH is 1. The van der Waals surface area contributed by atoms with Crippen molar-refractivity contribution in [3.63, 3.8) is 0 Å². The van der Waals surface area contributed by atoms with Gasteiger partial charge >= 0.3 is 0 Å². The van der Waals surface area contributed by atoms with Gasteiger partial charge in [-0.2, -0.15) is 5.26 Å². The molecule has 2 saturated carbocycles. The zero-order valence-electron chi connectivity index (χ0n) is 14.5. The Hall–Kier alpha value is -1.16. The Morgan fingerprint density at radius 3 is 2.38 bits per heavy atom. The lowest BCUT2D eigenvalue weighted by atomic mass is 9.94. The van der Waals surface area contributed by atoms with E-state index in [4.69, 9.17) is 4.74 Å². The molecule has 0 aromatic rings. The average Bonchev–Trinajstić information content (AvgIpc) is 2.64. The zero-order chi connectivity index (χ0) is 17.2. The van der Waals surface area contributed by atoms with Crippen LogP contribution in [0.1, 0.15) is 64.2 Å². The number of carbonyl (C=O) groups is 1. The van der Waals surface area contributed by atoms with Crippen molar-refractivity contribution in [2.45, 2.75) is 88.5 Å². The predicted molar refractivity (Wildman–Crippen MR) is 91.3 cm³/mol. The molecule has 0 heterocycles. The molecule has 6 heteroatoms. The molecule has 24 heavy (non-hydrogen) atoms. The van der Waals surface area contributed by atoms with Crippen LogP contribution in [0.5, 0.6) is 0 Å². The number of hydrogen-bond acceptors (Lipinski definition) is 5. The molecule has 2 fully saturated rings. The van der Waals surface area contributed by atoms with Crippen molar-refractivity contribution in [3.8, 4) is 6.07 Å². The number of aliphatic hydroxyl groups is 1. The number of nitrogens with zero attached hydrogens (tertiary/aromatic N) is 1. The van der Waals surface area contributed by atoms with Gasteiger partial charge in [0.25, 0.3) is 5.91 Å². The molecule has 0 bridgehead atoms. The highest BCUT2D eigenvalue weighted by atomic mass is 16.5. The standard InChI is InChI=1S/C18H31N3O3/c19-13-16(21-14-7-3-1-4-8-14)17(22)18(23)20-11-12-24-15-9-5-2-6-10-15/h14-17,21-22H,1-12H2,(H,20,23). The minimum Gasteiger partial charge on any atom is -0.380 e. The number of nitrogens with one attached hydrogen (secondary N) is 2. The van der Waals surface area contributed by atoms with Crippen LogP contribution in [0.15, 0.2) is 0 Å². The molecule has 2 atom stereocenters. The molecule has 2 unspecified atom stereocenters. The lowest BCUT2D eigenvalue weighted by Gasteiger charge is -2.27. The van der Waals surface area contributed by atoms with E-state index in [0.717, 1.165) is 38.5 Å². The van der Waals surface area contributed by atoms with E-state index in [-0.39, 0.29) is 6.04 Å². The van der Waals surface area contributed by atoms with Gasteiger partial charge in [0.15, 0.2) is 6.10 Å². The monoisotopic (exact) mass is 337 g/mol. The van der Waals surface area contributed by atoms with Gasteiger partial charge in [-0.1, -0.05) is 38.5 Å². The van der Waals surface area contributed by atoms with E-state index in [1.165, 1.54) is 25.7 Å². The van der Waals surface area contributed by atoms with Gasteiger partial charge in [-0.25, -0.2) is 0 Å². The third-order valence-electron chi connectivity index (χ3n) is 5.05. The number of rotatable bonds is 8. The molecule has 0 aliphatic heterocycles. The molecule has 1 amide bonds. The largest absolute Gasteiger partial charge is 0.380 e. The summed E-state index contributed by atoms with van der Waals surface area (Å²) in [5, 5.41) is 25.2. The van der Waals surface area contributed by atoms with Crippen molar-refractivity contribution < 1.29 is 14.6 Å². The van der Waals surface area contributed by atoms with Crippen LogP contribution in [0.25, 0.3) is 0 Å². The highest BCUT2D eigenvalue weighted by molar-refractivity contribution is 5.81. The van der Waals surface area contributed by atoms with Gasteiger partial charge < -0.3 is 15.2 Å². The van der Waals surface area contributed by atoms with E-state index < -0.39 is 18.1 Å². The normalized spacial score (nSPS) is 22.5. The predicted octanol–water partition coefficient (Wildman–Crippen LogP) is 1.63. The van der Waals surface area contributed by atoms with Gasteiger partial charge in [0.1, 0.15) is 6.04 Å². The van der Waals surface area contributed by atoms with Gasteiger partial charge in [-0.15, -0.1) is 0 Å². The number of hydrogen-bond donors (Lipinski definition) is 3. The van der Waals surface area contributed by atoms with Crippen molar-refractivity contribution in [2.24, 2.45) is 0 Å². The summed E-state index contributed by atoms with van der Waals surface area (Å²) in [6, 6.07) is 1.39. The molecule has 2 aliphatic rings. The van der Waals surface area contributed by atoms with Crippen LogP contribution in [-0.4, -0.2) is 48.5 Å². The number of ether oxygens (including phenoxy) is 1. The van der Waals surface area contributed by atoms with E-state index in [9.17, 15) is 15.2 Å². The Morgan fingerprint density at radius 1 is 1.12 bits per heavy atom. The summed E-state index contributed by atoms with van der Waals surface area (Å²) in [6.45, 7) is 0.824. The van der Waals surface area contributed by atoms with Gasteiger partial charge in [0.05, 0.1) is 18.8 Å². The van der Waals surface area contributed by atoms with Gasteiger partial charge in [0.2, 0.25) is 0 Å². The van der Waals surface area contributed by atoms with E-state index in [1.54, 1.807) is 0 Å². The molecule has 6 nitrogen and oxygen atoms in total. The van der Waals surface area contributed by atoms with E-state index >= 15 is 0 Å². The fraction of sp³-hybridized carbons (Fsp3) is 0.889. The number of amides is 1. The summed E-state index contributed by atoms with van der Waals surface area (Å²) in [7, 11) is 0. The minimum absolute atomic E-state index is 0.223. The second-order valence-corrected chi connectivity index (χ2v) is 6.98. The molecule has 3 N–H and O–H groups in total. The molecule has 0 radical (unpaired) electrons.